The van der Waals surface area contributed by atoms with Crippen molar-refractivity contribution in [3.63, 3.8) is 0 Å². The predicted octanol–water partition coefficient (Wildman–Crippen LogP) is 1.83. The van der Waals surface area contributed by atoms with Gasteiger partial charge in [0.2, 0.25) is 0 Å². The fourth-order valence-electron chi connectivity index (χ4n) is 2.85. The first-order chi connectivity index (χ1) is 11.6. The van der Waals surface area contributed by atoms with Crippen molar-refractivity contribution >= 4 is 28.3 Å². The van der Waals surface area contributed by atoms with Gasteiger partial charge in [0.1, 0.15) is 6.10 Å². The van der Waals surface area contributed by atoms with Gasteiger partial charge in [-0.2, -0.15) is 0 Å². The Morgan fingerprint density at radius 3 is 3.08 bits per heavy atom. The van der Waals surface area contributed by atoms with Gasteiger partial charge in [-0.15, -0.1) is 11.3 Å². The Morgan fingerprint density at radius 2 is 2.29 bits per heavy atom. The average molecular weight is 344 g/mol. The number of hydrogen-bond acceptors (Lipinski definition) is 5. The first-order valence-electron chi connectivity index (χ1n) is 7.65. The van der Waals surface area contributed by atoms with E-state index in [0.717, 1.165) is 4.88 Å². The summed E-state index contributed by atoms with van der Waals surface area (Å²) in [5.74, 6) is -0.133. The summed E-state index contributed by atoms with van der Waals surface area (Å²) in [6.07, 6.45) is 1.39. The largest absolute Gasteiger partial charge is 0.369 e. The lowest BCUT2D eigenvalue weighted by molar-refractivity contribution is -0.0211. The first kappa shape index (κ1) is 15.1. The summed E-state index contributed by atoms with van der Waals surface area (Å²) < 4.78 is 5.81. The van der Waals surface area contributed by atoms with Crippen molar-refractivity contribution in [3.05, 3.63) is 50.1 Å². The average Bonchev–Trinajstić information content (AvgIpc) is 3.20. The number of carbonyl (C=O) groups excluding carboxylic acids is 1. The smallest absolute Gasteiger partial charge is 0.273 e. The molecule has 0 saturated carbocycles. The molecule has 0 radical (unpaired) electrons. The van der Waals surface area contributed by atoms with Crippen LogP contribution in [0.2, 0.25) is 0 Å². The molecule has 124 valence electrons. The number of amides is 1. The number of nitrogens with zero attached hydrogens (tertiary/aromatic N) is 2. The second kappa shape index (κ2) is 5.88. The zero-order chi connectivity index (χ0) is 16.7. The number of nitrogens with one attached hydrogen (secondary N) is 2. The van der Waals surface area contributed by atoms with E-state index >= 15 is 0 Å². The van der Waals surface area contributed by atoms with Gasteiger partial charge in [-0.05, 0) is 25.1 Å². The molecule has 1 saturated heterocycles. The molecule has 1 fully saturated rings. The topological polar surface area (TPSA) is 91.1 Å². The molecule has 0 bridgehead atoms. The standard InChI is InChI=1S/C16H16N4O3S/c1-9-2-3-13(24-9)12-8-20(4-5-23-12)16(22)10-6-11-14(17-7-10)18-19-15(11)21/h2-3,6-7,12H,4-5,8H2,1H3,(H2,17,18,19,21). The number of fused-ring (bicyclic) bond motifs is 1. The van der Waals surface area contributed by atoms with Gasteiger partial charge in [-0.1, -0.05) is 0 Å². The highest BCUT2D eigenvalue weighted by Crippen LogP contribution is 2.29. The lowest BCUT2D eigenvalue weighted by atomic mass is 10.1. The van der Waals surface area contributed by atoms with Gasteiger partial charge in [-0.25, -0.2) is 4.98 Å². The maximum atomic E-state index is 12.8. The summed E-state index contributed by atoms with van der Waals surface area (Å²) in [5, 5.41) is 5.53. The normalized spacial score (nSPS) is 18.2. The number of ether oxygens (including phenoxy) is 1. The molecule has 2 N–H and O–H groups in total. The lowest BCUT2D eigenvalue weighted by Crippen LogP contribution is -2.42. The van der Waals surface area contributed by atoms with Crippen molar-refractivity contribution in [2.75, 3.05) is 19.7 Å². The molecular formula is C16H16N4O3S. The molecule has 4 heterocycles. The third-order valence-corrected chi connectivity index (χ3v) is 5.20. The number of hydrogen-bond donors (Lipinski definition) is 2. The number of aromatic amines is 2. The molecule has 1 aliphatic heterocycles. The van der Waals surface area contributed by atoms with E-state index in [2.05, 4.69) is 28.2 Å². The van der Waals surface area contributed by atoms with Crippen LogP contribution in [0.25, 0.3) is 11.0 Å². The molecule has 1 aliphatic rings. The molecule has 3 aromatic rings. The van der Waals surface area contributed by atoms with E-state index in [-0.39, 0.29) is 17.6 Å². The summed E-state index contributed by atoms with van der Waals surface area (Å²) in [6.45, 7) is 3.57. The number of carbonyl (C=O) groups is 1. The number of pyridine rings is 1. The van der Waals surface area contributed by atoms with Gasteiger partial charge in [0, 0.05) is 22.5 Å². The minimum absolute atomic E-state index is 0.103. The Balaban J connectivity index is 1.58. The third-order valence-electron chi connectivity index (χ3n) is 4.11. The van der Waals surface area contributed by atoms with E-state index in [1.54, 1.807) is 22.3 Å². The van der Waals surface area contributed by atoms with Gasteiger partial charge >= 0.3 is 0 Å². The number of rotatable bonds is 2. The predicted molar refractivity (Wildman–Crippen MR) is 90.4 cm³/mol. The summed E-state index contributed by atoms with van der Waals surface area (Å²) in [5.41, 5.74) is 0.585. The Hall–Kier alpha value is -2.45. The number of thiophene rings is 1. The quantitative estimate of drug-likeness (QED) is 0.742. The summed E-state index contributed by atoms with van der Waals surface area (Å²) in [7, 11) is 0. The summed E-state index contributed by atoms with van der Waals surface area (Å²) >= 11 is 1.68. The van der Waals surface area contributed by atoms with Crippen molar-refractivity contribution in [1.29, 1.82) is 0 Å². The van der Waals surface area contributed by atoms with Crippen LogP contribution in [0.3, 0.4) is 0 Å². The molecule has 8 heteroatoms. The van der Waals surface area contributed by atoms with E-state index in [0.29, 0.717) is 36.3 Å². The molecule has 24 heavy (non-hydrogen) atoms. The Kier molecular flexibility index (Phi) is 3.70. The molecule has 0 aliphatic carbocycles. The maximum Gasteiger partial charge on any atom is 0.273 e. The van der Waals surface area contributed by atoms with Crippen LogP contribution in [0.15, 0.2) is 29.2 Å². The number of aryl methyl sites for hydroxylation is 1. The first-order valence-corrected chi connectivity index (χ1v) is 8.47. The highest BCUT2D eigenvalue weighted by Gasteiger charge is 2.27. The zero-order valence-corrected chi connectivity index (χ0v) is 13.9. The number of aromatic nitrogens is 3. The van der Waals surface area contributed by atoms with Gasteiger partial charge < -0.3 is 9.64 Å². The molecule has 3 aromatic heterocycles. The van der Waals surface area contributed by atoms with E-state index in [1.807, 2.05) is 6.07 Å². The molecule has 1 atom stereocenters. The fourth-order valence-corrected chi connectivity index (χ4v) is 3.77. The molecule has 7 nitrogen and oxygen atoms in total. The summed E-state index contributed by atoms with van der Waals surface area (Å²) in [4.78, 5) is 32.7. The Labute approximate surface area is 141 Å². The van der Waals surface area contributed by atoms with E-state index in [1.165, 1.54) is 11.1 Å². The third kappa shape index (κ3) is 2.63. The minimum atomic E-state index is -0.277. The van der Waals surface area contributed by atoms with Crippen LogP contribution in [-0.4, -0.2) is 45.7 Å². The minimum Gasteiger partial charge on any atom is -0.369 e. The summed E-state index contributed by atoms with van der Waals surface area (Å²) in [6, 6.07) is 5.69. The fraction of sp³-hybridized carbons (Fsp3) is 0.312. The van der Waals surface area contributed by atoms with Crippen molar-refractivity contribution in [2.45, 2.75) is 13.0 Å². The monoisotopic (exact) mass is 344 g/mol. The van der Waals surface area contributed by atoms with Crippen molar-refractivity contribution in [2.24, 2.45) is 0 Å². The van der Waals surface area contributed by atoms with Crippen LogP contribution in [0.1, 0.15) is 26.2 Å². The van der Waals surface area contributed by atoms with E-state index in [9.17, 15) is 9.59 Å². The zero-order valence-electron chi connectivity index (χ0n) is 13.0. The molecular weight excluding hydrogens is 328 g/mol. The second-order valence-electron chi connectivity index (χ2n) is 5.76. The van der Waals surface area contributed by atoms with Gasteiger partial charge in [-0.3, -0.25) is 19.8 Å². The van der Waals surface area contributed by atoms with Crippen LogP contribution >= 0.6 is 11.3 Å². The lowest BCUT2D eigenvalue weighted by Gasteiger charge is -2.32. The van der Waals surface area contributed by atoms with Crippen molar-refractivity contribution in [3.8, 4) is 0 Å². The molecule has 0 aromatic carbocycles. The molecule has 1 amide bonds. The maximum absolute atomic E-state index is 12.8. The highest BCUT2D eigenvalue weighted by atomic mass is 32.1. The van der Waals surface area contributed by atoms with Crippen LogP contribution < -0.4 is 5.56 Å². The Morgan fingerprint density at radius 1 is 1.42 bits per heavy atom. The second-order valence-corrected chi connectivity index (χ2v) is 7.08. The molecule has 4 rings (SSSR count). The SMILES string of the molecule is Cc1ccc(C2CN(C(=O)c3cnc4[nH][nH]c(=O)c4c3)CCO2)s1. The van der Waals surface area contributed by atoms with Gasteiger partial charge in [0.05, 0.1) is 24.1 Å². The van der Waals surface area contributed by atoms with E-state index in [4.69, 9.17) is 4.74 Å². The Bertz CT molecular complexity index is 958. The van der Waals surface area contributed by atoms with Crippen LogP contribution in [0, 0.1) is 6.92 Å². The molecule has 1 unspecified atom stereocenters. The van der Waals surface area contributed by atoms with Crippen molar-refractivity contribution in [1.82, 2.24) is 20.1 Å². The van der Waals surface area contributed by atoms with Gasteiger partial charge in [0.25, 0.3) is 11.5 Å². The van der Waals surface area contributed by atoms with Crippen molar-refractivity contribution < 1.29 is 9.53 Å². The highest BCUT2D eigenvalue weighted by molar-refractivity contribution is 7.12. The van der Waals surface area contributed by atoms with Crippen LogP contribution in [0.5, 0.6) is 0 Å². The van der Waals surface area contributed by atoms with Crippen LogP contribution in [0.4, 0.5) is 0 Å². The molecule has 0 spiro atoms. The number of H-pyrrole nitrogens is 2. The van der Waals surface area contributed by atoms with Gasteiger partial charge in [0.15, 0.2) is 5.65 Å². The number of morpholine rings is 1. The van der Waals surface area contributed by atoms with Crippen LogP contribution in [-0.2, 0) is 4.74 Å². The van der Waals surface area contributed by atoms with E-state index < -0.39 is 0 Å².